The van der Waals surface area contributed by atoms with Crippen LogP contribution in [-0.2, 0) is 17.6 Å². The molecular formula is C21H23N3O3. The molecule has 1 N–H and O–H groups in total. The van der Waals surface area contributed by atoms with E-state index in [-0.39, 0.29) is 5.91 Å². The number of rotatable bonds is 8. The van der Waals surface area contributed by atoms with Gasteiger partial charge in [-0.25, -0.2) is 0 Å². The Hall–Kier alpha value is -3.15. The minimum atomic E-state index is -0.0412. The molecule has 1 heterocycles. The quantitative estimate of drug-likeness (QED) is 0.662. The second kappa shape index (κ2) is 8.98. The highest BCUT2D eigenvalue weighted by molar-refractivity contribution is 5.76. The first-order chi connectivity index (χ1) is 13.2. The van der Waals surface area contributed by atoms with E-state index in [1.807, 2.05) is 55.5 Å². The molecule has 140 valence electrons. The molecule has 0 aliphatic carbocycles. The van der Waals surface area contributed by atoms with E-state index >= 15 is 0 Å². The minimum Gasteiger partial charge on any atom is -0.496 e. The fourth-order valence-corrected chi connectivity index (χ4v) is 2.84. The molecule has 3 rings (SSSR count). The molecule has 0 radical (unpaired) electrons. The van der Waals surface area contributed by atoms with Crippen LogP contribution in [0.25, 0.3) is 11.4 Å². The van der Waals surface area contributed by atoms with Crippen molar-refractivity contribution in [2.45, 2.75) is 26.2 Å². The molecule has 0 saturated heterocycles. The maximum Gasteiger partial charge on any atom is 0.227 e. The molecule has 1 amide bonds. The lowest BCUT2D eigenvalue weighted by Gasteiger charge is -2.08. The molecule has 0 bridgehead atoms. The van der Waals surface area contributed by atoms with E-state index < -0.39 is 0 Å². The van der Waals surface area contributed by atoms with Gasteiger partial charge in [-0.3, -0.25) is 4.79 Å². The smallest absolute Gasteiger partial charge is 0.227 e. The first kappa shape index (κ1) is 18.6. The Kier molecular flexibility index (Phi) is 6.20. The second-order valence-corrected chi connectivity index (χ2v) is 6.24. The number of nitrogens with zero attached hydrogens (tertiary/aromatic N) is 2. The number of methoxy groups -OCH3 is 1. The van der Waals surface area contributed by atoms with Crippen molar-refractivity contribution in [1.82, 2.24) is 15.5 Å². The minimum absolute atomic E-state index is 0.0412. The third-order valence-electron chi connectivity index (χ3n) is 4.33. The van der Waals surface area contributed by atoms with Gasteiger partial charge >= 0.3 is 0 Å². The molecule has 0 spiro atoms. The maximum absolute atomic E-state index is 12.1. The number of amides is 1. The van der Waals surface area contributed by atoms with Crippen molar-refractivity contribution in [3.05, 3.63) is 65.5 Å². The molecule has 0 aliphatic rings. The van der Waals surface area contributed by atoms with Crippen molar-refractivity contribution in [2.75, 3.05) is 13.7 Å². The van der Waals surface area contributed by atoms with Gasteiger partial charge in [0.2, 0.25) is 17.6 Å². The molecule has 6 heteroatoms. The average Bonchev–Trinajstić information content (AvgIpc) is 3.16. The van der Waals surface area contributed by atoms with Crippen molar-refractivity contribution in [3.8, 4) is 17.1 Å². The van der Waals surface area contributed by atoms with E-state index in [0.717, 1.165) is 22.4 Å². The lowest BCUT2D eigenvalue weighted by atomic mass is 10.1. The van der Waals surface area contributed by atoms with E-state index in [2.05, 4.69) is 15.5 Å². The van der Waals surface area contributed by atoms with Crippen LogP contribution in [-0.4, -0.2) is 29.7 Å². The van der Waals surface area contributed by atoms with Crippen molar-refractivity contribution in [1.29, 1.82) is 0 Å². The van der Waals surface area contributed by atoms with Gasteiger partial charge in [0.25, 0.3) is 0 Å². The molecular weight excluding hydrogens is 342 g/mol. The van der Waals surface area contributed by atoms with E-state index in [0.29, 0.717) is 37.5 Å². The van der Waals surface area contributed by atoms with Gasteiger partial charge in [0.15, 0.2) is 0 Å². The van der Waals surface area contributed by atoms with Crippen LogP contribution in [0.15, 0.2) is 53.1 Å². The predicted molar refractivity (Wildman–Crippen MR) is 102 cm³/mol. The summed E-state index contributed by atoms with van der Waals surface area (Å²) >= 11 is 0. The highest BCUT2D eigenvalue weighted by Gasteiger charge is 2.12. The van der Waals surface area contributed by atoms with E-state index in [9.17, 15) is 4.79 Å². The summed E-state index contributed by atoms with van der Waals surface area (Å²) in [6, 6.07) is 15.7. The van der Waals surface area contributed by atoms with Crippen molar-refractivity contribution < 1.29 is 14.1 Å². The van der Waals surface area contributed by atoms with Crippen LogP contribution in [0, 0.1) is 6.92 Å². The van der Waals surface area contributed by atoms with Gasteiger partial charge in [-0.05, 0) is 30.5 Å². The number of hydrogen-bond acceptors (Lipinski definition) is 5. The molecule has 0 fully saturated rings. The monoisotopic (exact) mass is 365 g/mol. The van der Waals surface area contributed by atoms with Crippen LogP contribution in [0.1, 0.15) is 23.4 Å². The number of carbonyl (C=O) groups excluding carboxylic acids is 1. The Morgan fingerprint density at radius 3 is 2.70 bits per heavy atom. The van der Waals surface area contributed by atoms with E-state index in [1.165, 1.54) is 0 Å². The number of nitrogens with one attached hydrogen (secondary N) is 1. The van der Waals surface area contributed by atoms with E-state index in [4.69, 9.17) is 9.26 Å². The lowest BCUT2D eigenvalue weighted by molar-refractivity contribution is -0.121. The number of para-hydroxylation sites is 1. The summed E-state index contributed by atoms with van der Waals surface area (Å²) in [6.07, 6.45) is 1.44. The molecule has 0 saturated carbocycles. The van der Waals surface area contributed by atoms with Crippen molar-refractivity contribution >= 4 is 5.91 Å². The van der Waals surface area contributed by atoms with Gasteiger partial charge in [-0.1, -0.05) is 47.6 Å². The predicted octanol–water partition coefficient (Wildman–Crippen LogP) is 3.35. The summed E-state index contributed by atoms with van der Waals surface area (Å²) < 4.78 is 10.6. The zero-order valence-electron chi connectivity index (χ0n) is 15.6. The highest BCUT2D eigenvalue weighted by Crippen LogP contribution is 2.20. The Balaban J connectivity index is 1.46. The molecule has 2 aromatic carbocycles. The first-order valence-corrected chi connectivity index (χ1v) is 8.94. The highest BCUT2D eigenvalue weighted by atomic mass is 16.5. The van der Waals surface area contributed by atoms with Gasteiger partial charge in [-0.2, -0.15) is 4.98 Å². The Bertz CT molecular complexity index is 905. The standard InChI is InChI=1S/C21H23N3O3/c1-15-7-3-5-9-17(15)21-23-20(27-24-21)12-11-19(25)22-14-13-16-8-4-6-10-18(16)26-2/h3-10H,11-14H2,1-2H3,(H,22,25). The molecule has 27 heavy (non-hydrogen) atoms. The summed E-state index contributed by atoms with van der Waals surface area (Å²) in [5.41, 5.74) is 3.09. The second-order valence-electron chi connectivity index (χ2n) is 6.24. The molecule has 0 aliphatic heterocycles. The molecule has 0 atom stereocenters. The van der Waals surface area contributed by atoms with Crippen molar-refractivity contribution in [3.63, 3.8) is 0 Å². The molecule has 1 aromatic heterocycles. The molecule has 0 unspecified atom stereocenters. The average molecular weight is 365 g/mol. The summed E-state index contributed by atoms with van der Waals surface area (Å²) in [5.74, 6) is 1.81. The third-order valence-corrected chi connectivity index (χ3v) is 4.33. The molecule has 6 nitrogen and oxygen atoms in total. The zero-order valence-corrected chi connectivity index (χ0v) is 15.6. The summed E-state index contributed by atoms with van der Waals surface area (Å²) in [4.78, 5) is 16.4. The van der Waals surface area contributed by atoms with Crippen LogP contribution < -0.4 is 10.1 Å². The third kappa shape index (κ3) is 4.94. The topological polar surface area (TPSA) is 77.2 Å². The lowest BCUT2D eigenvalue weighted by Crippen LogP contribution is -2.26. The Morgan fingerprint density at radius 1 is 1.11 bits per heavy atom. The zero-order chi connectivity index (χ0) is 19.1. The number of ether oxygens (including phenoxy) is 1. The Labute approximate surface area is 158 Å². The number of hydrogen-bond donors (Lipinski definition) is 1. The van der Waals surface area contributed by atoms with Crippen LogP contribution in [0.2, 0.25) is 0 Å². The summed E-state index contributed by atoms with van der Waals surface area (Å²) in [5, 5.41) is 6.93. The number of aromatic nitrogens is 2. The van der Waals surface area contributed by atoms with Gasteiger partial charge in [0, 0.05) is 24.9 Å². The van der Waals surface area contributed by atoms with Gasteiger partial charge in [-0.15, -0.1) is 0 Å². The SMILES string of the molecule is COc1ccccc1CCNC(=O)CCc1nc(-c2ccccc2C)no1. The van der Waals surface area contributed by atoms with Gasteiger partial charge in [0.1, 0.15) is 5.75 Å². The van der Waals surface area contributed by atoms with Crippen molar-refractivity contribution in [2.24, 2.45) is 0 Å². The number of carbonyl (C=O) groups is 1. The van der Waals surface area contributed by atoms with Crippen LogP contribution in [0.3, 0.4) is 0 Å². The fraction of sp³-hybridized carbons (Fsp3) is 0.286. The van der Waals surface area contributed by atoms with Crippen LogP contribution in [0.5, 0.6) is 5.75 Å². The van der Waals surface area contributed by atoms with Crippen LogP contribution in [0.4, 0.5) is 0 Å². The molecule has 3 aromatic rings. The van der Waals surface area contributed by atoms with E-state index in [1.54, 1.807) is 7.11 Å². The van der Waals surface area contributed by atoms with Crippen LogP contribution >= 0.6 is 0 Å². The summed E-state index contributed by atoms with van der Waals surface area (Å²) in [6.45, 7) is 2.55. The number of benzene rings is 2. The summed E-state index contributed by atoms with van der Waals surface area (Å²) in [7, 11) is 1.65. The number of aryl methyl sites for hydroxylation is 2. The Morgan fingerprint density at radius 2 is 1.89 bits per heavy atom. The fourth-order valence-electron chi connectivity index (χ4n) is 2.84. The van der Waals surface area contributed by atoms with Gasteiger partial charge < -0.3 is 14.6 Å². The largest absolute Gasteiger partial charge is 0.496 e. The normalized spacial score (nSPS) is 10.6. The first-order valence-electron chi connectivity index (χ1n) is 8.94. The van der Waals surface area contributed by atoms with Gasteiger partial charge in [0.05, 0.1) is 7.11 Å². The maximum atomic E-state index is 12.1.